The third-order valence-electron chi connectivity index (χ3n) is 4.01. The molecule has 3 rings (SSSR count). The van der Waals surface area contributed by atoms with Gasteiger partial charge in [-0.1, -0.05) is 35.9 Å². The topological polar surface area (TPSA) is 74.0 Å². The SMILES string of the molecule is Cc1ccc(Cl)cc1NC(=O)C(=O)NCCc1c[nH]c2ccccc12. The molecule has 3 aromatic rings. The Hall–Kier alpha value is -2.79. The maximum atomic E-state index is 12.0. The van der Waals surface area contributed by atoms with E-state index in [1.165, 1.54) is 0 Å². The average Bonchev–Trinajstić information content (AvgIpc) is 3.01. The van der Waals surface area contributed by atoms with Gasteiger partial charge in [-0.15, -0.1) is 0 Å². The smallest absolute Gasteiger partial charge is 0.313 e. The number of anilines is 1. The molecule has 6 heteroatoms. The number of hydrogen-bond donors (Lipinski definition) is 3. The van der Waals surface area contributed by atoms with E-state index in [2.05, 4.69) is 15.6 Å². The van der Waals surface area contributed by atoms with Gasteiger partial charge >= 0.3 is 11.8 Å². The molecule has 0 saturated heterocycles. The fraction of sp³-hybridized carbons (Fsp3) is 0.158. The summed E-state index contributed by atoms with van der Waals surface area (Å²) >= 11 is 5.91. The predicted molar refractivity (Wildman–Crippen MR) is 99.8 cm³/mol. The van der Waals surface area contributed by atoms with E-state index in [4.69, 9.17) is 11.6 Å². The summed E-state index contributed by atoms with van der Waals surface area (Å²) in [6.07, 6.45) is 2.56. The van der Waals surface area contributed by atoms with E-state index in [0.29, 0.717) is 23.7 Å². The summed E-state index contributed by atoms with van der Waals surface area (Å²) in [5.41, 5.74) is 3.52. The molecule has 3 N–H and O–H groups in total. The summed E-state index contributed by atoms with van der Waals surface area (Å²) in [4.78, 5) is 27.2. The van der Waals surface area contributed by atoms with Crippen molar-refractivity contribution in [3.63, 3.8) is 0 Å². The lowest BCUT2D eigenvalue weighted by atomic mass is 10.1. The number of nitrogens with one attached hydrogen (secondary N) is 3. The number of rotatable bonds is 4. The molecule has 1 aromatic heterocycles. The highest BCUT2D eigenvalue weighted by molar-refractivity contribution is 6.40. The van der Waals surface area contributed by atoms with Crippen LogP contribution >= 0.6 is 11.6 Å². The van der Waals surface area contributed by atoms with Gasteiger partial charge in [-0.2, -0.15) is 0 Å². The molecule has 0 spiro atoms. The van der Waals surface area contributed by atoms with Crippen LogP contribution in [-0.4, -0.2) is 23.3 Å². The number of aromatic amines is 1. The predicted octanol–water partition coefficient (Wildman–Crippen LogP) is 3.43. The molecule has 0 aliphatic rings. The molecule has 2 aromatic carbocycles. The second-order valence-electron chi connectivity index (χ2n) is 5.78. The van der Waals surface area contributed by atoms with Crippen LogP contribution in [0.5, 0.6) is 0 Å². The van der Waals surface area contributed by atoms with Crippen LogP contribution in [0.3, 0.4) is 0 Å². The van der Waals surface area contributed by atoms with Crippen LogP contribution in [0.1, 0.15) is 11.1 Å². The highest BCUT2D eigenvalue weighted by Gasteiger charge is 2.14. The molecule has 0 aliphatic carbocycles. The largest absolute Gasteiger partial charge is 0.361 e. The Balaban J connectivity index is 1.55. The van der Waals surface area contributed by atoms with Crippen molar-refractivity contribution in [2.24, 2.45) is 0 Å². The molecule has 0 fully saturated rings. The van der Waals surface area contributed by atoms with Crippen molar-refractivity contribution in [2.75, 3.05) is 11.9 Å². The second kappa shape index (κ2) is 7.40. The number of carbonyl (C=O) groups excluding carboxylic acids is 2. The van der Waals surface area contributed by atoms with Crippen LogP contribution in [-0.2, 0) is 16.0 Å². The first-order valence-corrected chi connectivity index (χ1v) is 8.33. The van der Waals surface area contributed by atoms with Gasteiger partial charge in [-0.3, -0.25) is 9.59 Å². The minimum absolute atomic E-state index is 0.378. The molecule has 0 atom stereocenters. The molecule has 1 heterocycles. The standard InChI is InChI=1S/C19H18ClN3O2/c1-12-6-7-14(20)10-17(12)23-19(25)18(24)21-9-8-13-11-22-16-5-3-2-4-15(13)16/h2-7,10-11,22H,8-9H2,1H3,(H,21,24)(H,23,25). The molecule has 0 unspecified atom stereocenters. The first-order chi connectivity index (χ1) is 12.0. The normalized spacial score (nSPS) is 10.6. The van der Waals surface area contributed by atoms with E-state index >= 15 is 0 Å². The molecule has 0 saturated carbocycles. The number of amides is 2. The Labute approximate surface area is 150 Å². The van der Waals surface area contributed by atoms with E-state index in [0.717, 1.165) is 22.0 Å². The molecule has 5 nitrogen and oxygen atoms in total. The third kappa shape index (κ3) is 4.00. The quantitative estimate of drug-likeness (QED) is 0.627. The minimum atomic E-state index is -0.704. The zero-order valence-corrected chi connectivity index (χ0v) is 14.5. The molecule has 25 heavy (non-hydrogen) atoms. The Bertz CT molecular complexity index is 933. The van der Waals surface area contributed by atoms with Crippen molar-refractivity contribution >= 4 is 40.0 Å². The molecular formula is C19H18ClN3O2. The molecule has 0 bridgehead atoms. The van der Waals surface area contributed by atoms with Gasteiger partial charge in [0.1, 0.15) is 0 Å². The van der Waals surface area contributed by atoms with Gasteiger partial charge in [0.2, 0.25) is 0 Å². The van der Waals surface area contributed by atoms with E-state index in [-0.39, 0.29) is 0 Å². The van der Waals surface area contributed by atoms with Crippen molar-refractivity contribution in [1.82, 2.24) is 10.3 Å². The van der Waals surface area contributed by atoms with Gasteiger partial charge in [-0.05, 0) is 42.7 Å². The summed E-state index contributed by atoms with van der Waals surface area (Å²) in [6.45, 7) is 2.21. The van der Waals surface area contributed by atoms with Crippen LogP contribution in [0, 0.1) is 6.92 Å². The lowest BCUT2D eigenvalue weighted by Gasteiger charge is -2.09. The number of H-pyrrole nitrogens is 1. The number of halogens is 1. The number of para-hydroxylation sites is 1. The van der Waals surface area contributed by atoms with Gasteiger partial charge in [0.15, 0.2) is 0 Å². The van der Waals surface area contributed by atoms with Gasteiger partial charge in [-0.25, -0.2) is 0 Å². The first-order valence-electron chi connectivity index (χ1n) is 7.95. The van der Waals surface area contributed by atoms with Gasteiger partial charge in [0.05, 0.1) is 0 Å². The van der Waals surface area contributed by atoms with Gasteiger partial charge in [0, 0.05) is 34.4 Å². The third-order valence-corrected chi connectivity index (χ3v) is 4.24. The first kappa shape index (κ1) is 17.0. The summed E-state index contributed by atoms with van der Waals surface area (Å²) in [6, 6.07) is 13.1. The van der Waals surface area contributed by atoms with Crippen molar-refractivity contribution in [3.8, 4) is 0 Å². The molecule has 0 aliphatic heterocycles. The Kier molecular flexibility index (Phi) is 5.05. The Morgan fingerprint density at radius 1 is 1.12 bits per heavy atom. The summed E-state index contributed by atoms with van der Waals surface area (Å²) in [5.74, 6) is -1.37. The highest BCUT2D eigenvalue weighted by atomic mass is 35.5. The summed E-state index contributed by atoms with van der Waals surface area (Å²) < 4.78 is 0. The molecular weight excluding hydrogens is 338 g/mol. The Morgan fingerprint density at radius 3 is 2.76 bits per heavy atom. The molecule has 2 amide bonds. The maximum Gasteiger partial charge on any atom is 0.313 e. The van der Waals surface area contributed by atoms with Crippen LogP contribution in [0.25, 0.3) is 10.9 Å². The lowest BCUT2D eigenvalue weighted by Crippen LogP contribution is -2.36. The summed E-state index contributed by atoms with van der Waals surface area (Å²) in [5, 5.41) is 6.85. The molecule has 0 radical (unpaired) electrons. The van der Waals surface area contributed by atoms with Crippen molar-refractivity contribution in [3.05, 3.63) is 64.8 Å². The van der Waals surface area contributed by atoms with Crippen LogP contribution < -0.4 is 10.6 Å². The van der Waals surface area contributed by atoms with Crippen LogP contribution in [0.4, 0.5) is 5.69 Å². The second-order valence-corrected chi connectivity index (χ2v) is 6.22. The van der Waals surface area contributed by atoms with Crippen molar-refractivity contribution < 1.29 is 9.59 Å². The fourth-order valence-corrected chi connectivity index (χ4v) is 2.81. The number of hydrogen-bond acceptors (Lipinski definition) is 2. The number of aromatic nitrogens is 1. The lowest BCUT2D eigenvalue weighted by molar-refractivity contribution is -0.136. The van der Waals surface area contributed by atoms with Crippen LogP contribution in [0.15, 0.2) is 48.7 Å². The van der Waals surface area contributed by atoms with E-state index < -0.39 is 11.8 Å². The highest BCUT2D eigenvalue weighted by Crippen LogP contribution is 2.20. The number of carbonyl (C=O) groups is 2. The zero-order valence-electron chi connectivity index (χ0n) is 13.7. The summed E-state index contributed by atoms with van der Waals surface area (Å²) in [7, 11) is 0. The Morgan fingerprint density at radius 2 is 1.92 bits per heavy atom. The number of benzene rings is 2. The molecule has 128 valence electrons. The maximum absolute atomic E-state index is 12.0. The van der Waals surface area contributed by atoms with E-state index in [9.17, 15) is 9.59 Å². The minimum Gasteiger partial charge on any atom is -0.361 e. The van der Waals surface area contributed by atoms with Crippen LogP contribution in [0.2, 0.25) is 5.02 Å². The number of aryl methyl sites for hydroxylation is 1. The monoisotopic (exact) mass is 355 g/mol. The van der Waals surface area contributed by atoms with E-state index in [1.807, 2.05) is 37.4 Å². The average molecular weight is 356 g/mol. The van der Waals surface area contributed by atoms with Crippen molar-refractivity contribution in [1.29, 1.82) is 0 Å². The van der Waals surface area contributed by atoms with Crippen molar-refractivity contribution in [2.45, 2.75) is 13.3 Å². The van der Waals surface area contributed by atoms with Gasteiger partial charge in [0.25, 0.3) is 0 Å². The fourth-order valence-electron chi connectivity index (χ4n) is 2.64. The van der Waals surface area contributed by atoms with Gasteiger partial charge < -0.3 is 15.6 Å². The van der Waals surface area contributed by atoms with E-state index in [1.54, 1.807) is 18.2 Å². The number of fused-ring (bicyclic) bond motifs is 1. The zero-order chi connectivity index (χ0) is 17.8.